The molecule has 1 unspecified atom stereocenters. The Kier molecular flexibility index (Phi) is 4.03. The number of hydrogen-bond acceptors (Lipinski definition) is 5. The van der Waals surface area contributed by atoms with Gasteiger partial charge in [0, 0.05) is 30.1 Å². The lowest BCUT2D eigenvalue weighted by Crippen LogP contribution is -2.40. The highest BCUT2D eigenvalue weighted by molar-refractivity contribution is 7.83. The molecule has 0 spiro atoms. The largest absolute Gasteiger partial charge is 0.339 e. The van der Waals surface area contributed by atoms with Crippen LogP contribution in [-0.2, 0) is 16.6 Å². The van der Waals surface area contributed by atoms with Crippen LogP contribution >= 0.6 is 12.4 Å². The van der Waals surface area contributed by atoms with Crippen molar-refractivity contribution in [3.8, 4) is 0 Å². The van der Waals surface area contributed by atoms with Gasteiger partial charge in [-0.2, -0.15) is 4.98 Å². The fourth-order valence-electron chi connectivity index (χ4n) is 1.14. The van der Waals surface area contributed by atoms with Crippen LogP contribution in [0.1, 0.15) is 17.6 Å². The normalized spacial score (nSPS) is 18.4. The number of rotatable bonds is 3. The second kappa shape index (κ2) is 4.86. The molecule has 0 aliphatic carbocycles. The van der Waals surface area contributed by atoms with Gasteiger partial charge in [-0.3, -0.25) is 4.21 Å². The Morgan fingerprint density at radius 2 is 2.36 bits per heavy atom. The molecule has 80 valence electrons. The minimum Gasteiger partial charge on any atom is -0.339 e. The van der Waals surface area contributed by atoms with Crippen LogP contribution in [0.2, 0.25) is 0 Å². The summed E-state index contributed by atoms with van der Waals surface area (Å²) in [5, 5.41) is 6.87. The van der Waals surface area contributed by atoms with Crippen molar-refractivity contribution < 1.29 is 8.73 Å². The Morgan fingerprint density at radius 3 is 2.86 bits per heavy atom. The third kappa shape index (κ3) is 2.52. The molecule has 1 saturated heterocycles. The molecular weight excluding hydrogens is 226 g/mol. The molecule has 1 atom stereocenters. The summed E-state index contributed by atoms with van der Waals surface area (Å²) in [4.78, 5) is 4.16. The molecule has 1 aromatic heterocycles. The van der Waals surface area contributed by atoms with Crippen molar-refractivity contribution in [2.75, 3.05) is 19.3 Å². The van der Waals surface area contributed by atoms with Crippen LogP contribution in [0.5, 0.6) is 0 Å². The van der Waals surface area contributed by atoms with E-state index in [0.717, 1.165) is 13.1 Å². The van der Waals surface area contributed by atoms with E-state index in [2.05, 4.69) is 15.5 Å². The number of hydrogen-bond donors (Lipinski definition) is 1. The van der Waals surface area contributed by atoms with Crippen molar-refractivity contribution >= 4 is 23.2 Å². The predicted octanol–water partition coefficient (Wildman–Crippen LogP) is 0.0567. The molecule has 0 bridgehead atoms. The first-order valence-corrected chi connectivity index (χ1v) is 5.81. The molecule has 0 aromatic carbocycles. The Morgan fingerprint density at radius 1 is 1.64 bits per heavy atom. The van der Waals surface area contributed by atoms with Crippen LogP contribution in [-0.4, -0.2) is 33.7 Å². The average Bonchev–Trinajstić information content (AvgIpc) is 2.31. The van der Waals surface area contributed by atoms with Crippen LogP contribution in [0, 0.1) is 0 Å². The number of aromatic nitrogens is 2. The zero-order valence-electron chi connectivity index (χ0n) is 7.73. The first-order chi connectivity index (χ1) is 6.25. The first-order valence-electron chi connectivity index (χ1n) is 4.09. The van der Waals surface area contributed by atoms with Crippen LogP contribution in [0.3, 0.4) is 0 Å². The number of nitrogens with zero attached hydrogens (tertiary/aromatic N) is 2. The maximum atomic E-state index is 10.9. The van der Waals surface area contributed by atoms with Crippen LogP contribution < -0.4 is 5.32 Å². The molecule has 1 N–H and O–H groups in total. The lowest BCUT2D eigenvalue weighted by Gasteiger charge is -2.22. The van der Waals surface area contributed by atoms with Crippen molar-refractivity contribution in [1.82, 2.24) is 15.5 Å². The summed E-state index contributed by atoms with van der Waals surface area (Å²) in [6, 6.07) is 0. The van der Waals surface area contributed by atoms with E-state index in [4.69, 9.17) is 4.52 Å². The average molecular weight is 238 g/mol. The van der Waals surface area contributed by atoms with Gasteiger partial charge in [-0.1, -0.05) is 5.16 Å². The van der Waals surface area contributed by atoms with E-state index in [9.17, 15) is 4.21 Å². The highest BCUT2D eigenvalue weighted by Gasteiger charge is 2.24. The highest BCUT2D eigenvalue weighted by Crippen LogP contribution is 2.17. The van der Waals surface area contributed by atoms with E-state index in [1.807, 2.05) is 0 Å². The Labute approximate surface area is 90.5 Å². The molecule has 1 aromatic rings. The predicted molar refractivity (Wildman–Crippen MR) is 54.9 cm³/mol. The first kappa shape index (κ1) is 11.6. The van der Waals surface area contributed by atoms with Crippen molar-refractivity contribution in [3.05, 3.63) is 11.7 Å². The van der Waals surface area contributed by atoms with Gasteiger partial charge in [0.25, 0.3) is 0 Å². The van der Waals surface area contributed by atoms with E-state index >= 15 is 0 Å². The van der Waals surface area contributed by atoms with E-state index in [0.29, 0.717) is 23.4 Å². The van der Waals surface area contributed by atoms with Gasteiger partial charge < -0.3 is 9.84 Å². The standard InChI is InChI=1S/C7H11N3O2S.ClH/c1-13(11)4-6-9-7(12-10-6)5-2-8-3-5;/h5,8H,2-4H2,1H3;1H. The number of nitrogens with one attached hydrogen (secondary N) is 1. The lowest BCUT2D eigenvalue weighted by molar-refractivity contribution is 0.306. The topological polar surface area (TPSA) is 68.0 Å². The summed E-state index contributed by atoms with van der Waals surface area (Å²) >= 11 is 0. The monoisotopic (exact) mass is 237 g/mol. The van der Waals surface area contributed by atoms with Crippen LogP contribution in [0.25, 0.3) is 0 Å². The quantitative estimate of drug-likeness (QED) is 0.805. The maximum absolute atomic E-state index is 10.9. The smallest absolute Gasteiger partial charge is 0.232 e. The Bertz CT molecular complexity index is 326. The van der Waals surface area contributed by atoms with Crippen LogP contribution in [0.15, 0.2) is 4.52 Å². The molecule has 0 saturated carbocycles. The molecule has 2 heterocycles. The zero-order chi connectivity index (χ0) is 9.26. The second-order valence-electron chi connectivity index (χ2n) is 3.12. The van der Waals surface area contributed by atoms with Gasteiger partial charge in [-0.15, -0.1) is 12.4 Å². The molecule has 5 nitrogen and oxygen atoms in total. The van der Waals surface area contributed by atoms with Gasteiger partial charge in [-0.25, -0.2) is 0 Å². The maximum Gasteiger partial charge on any atom is 0.232 e. The van der Waals surface area contributed by atoms with Gasteiger partial charge >= 0.3 is 0 Å². The molecule has 0 amide bonds. The minimum atomic E-state index is -0.901. The van der Waals surface area contributed by atoms with Gasteiger partial charge in [0.05, 0.1) is 11.7 Å². The van der Waals surface area contributed by atoms with Crippen molar-refractivity contribution in [2.45, 2.75) is 11.7 Å². The molecule has 1 fully saturated rings. The fourth-order valence-corrected chi connectivity index (χ4v) is 1.62. The van der Waals surface area contributed by atoms with E-state index in [1.165, 1.54) is 0 Å². The number of halogens is 1. The summed E-state index contributed by atoms with van der Waals surface area (Å²) in [5.74, 6) is 1.94. The van der Waals surface area contributed by atoms with Crippen molar-refractivity contribution in [1.29, 1.82) is 0 Å². The van der Waals surface area contributed by atoms with Gasteiger partial charge in [0.2, 0.25) is 5.89 Å². The molecular formula is C7H12ClN3O2S. The van der Waals surface area contributed by atoms with Gasteiger partial charge in [-0.05, 0) is 0 Å². The highest BCUT2D eigenvalue weighted by atomic mass is 35.5. The van der Waals surface area contributed by atoms with E-state index in [1.54, 1.807) is 6.26 Å². The Balaban J connectivity index is 0.000000980. The van der Waals surface area contributed by atoms with E-state index in [-0.39, 0.29) is 12.4 Å². The third-order valence-electron chi connectivity index (χ3n) is 1.95. The molecule has 7 heteroatoms. The Hall–Kier alpha value is -0.460. The lowest BCUT2D eigenvalue weighted by atomic mass is 10.0. The molecule has 1 aliphatic rings. The molecule has 14 heavy (non-hydrogen) atoms. The van der Waals surface area contributed by atoms with E-state index < -0.39 is 10.8 Å². The zero-order valence-corrected chi connectivity index (χ0v) is 9.36. The summed E-state index contributed by atoms with van der Waals surface area (Å²) in [5.41, 5.74) is 0. The van der Waals surface area contributed by atoms with Gasteiger partial charge in [0.15, 0.2) is 5.82 Å². The fraction of sp³-hybridized carbons (Fsp3) is 0.714. The summed E-state index contributed by atoms with van der Waals surface area (Å²) < 4.78 is 15.9. The summed E-state index contributed by atoms with van der Waals surface area (Å²) in [7, 11) is -0.901. The summed E-state index contributed by atoms with van der Waals surface area (Å²) in [6.07, 6.45) is 1.63. The molecule has 0 radical (unpaired) electrons. The van der Waals surface area contributed by atoms with Crippen LogP contribution in [0.4, 0.5) is 0 Å². The SMILES string of the molecule is CS(=O)Cc1noc(C2CNC2)n1.Cl. The molecule has 1 aliphatic heterocycles. The van der Waals surface area contributed by atoms with Crippen molar-refractivity contribution in [2.24, 2.45) is 0 Å². The molecule has 2 rings (SSSR count). The van der Waals surface area contributed by atoms with Gasteiger partial charge in [0.1, 0.15) is 0 Å². The third-order valence-corrected chi connectivity index (χ3v) is 2.61. The van der Waals surface area contributed by atoms with Crippen molar-refractivity contribution in [3.63, 3.8) is 0 Å². The summed E-state index contributed by atoms with van der Waals surface area (Å²) in [6.45, 7) is 1.80. The minimum absolute atomic E-state index is 0. The second-order valence-corrected chi connectivity index (χ2v) is 4.56.